The highest BCUT2D eigenvalue weighted by Gasteiger charge is 2.24. The van der Waals surface area contributed by atoms with E-state index in [1.54, 1.807) is 25.3 Å². The number of benzene rings is 1. The molecule has 1 aliphatic heterocycles. The molecule has 8 nitrogen and oxygen atoms in total. The van der Waals surface area contributed by atoms with Gasteiger partial charge in [-0.15, -0.1) is 0 Å². The molecule has 0 unspecified atom stereocenters. The monoisotopic (exact) mass is 437 g/mol. The first kappa shape index (κ1) is 22.9. The van der Waals surface area contributed by atoms with Gasteiger partial charge in [0, 0.05) is 42.4 Å². The molecule has 32 heavy (non-hydrogen) atoms. The van der Waals surface area contributed by atoms with Gasteiger partial charge in [-0.05, 0) is 56.8 Å². The summed E-state index contributed by atoms with van der Waals surface area (Å²) in [5.41, 5.74) is 18.5. The van der Waals surface area contributed by atoms with Gasteiger partial charge >= 0.3 is 0 Å². The number of rotatable bonds is 3. The summed E-state index contributed by atoms with van der Waals surface area (Å²) >= 11 is 0. The van der Waals surface area contributed by atoms with Gasteiger partial charge in [0.2, 0.25) is 0 Å². The quantitative estimate of drug-likeness (QED) is 0.546. The van der Waals surface area contributed by atoms with Crippen molar-refractivity contribution in [2.45, 2.75) is 33.3 Å². The number of aromatic nitrogens is 1. The zero-order valence-corrected chi connectivity index (χ0v) is 18.4. The van der Waals surface area contributed by atoms with Gasteiger partial charge < -0.3 is 21.6 Å². The van der Waals surface area contributed by atoms with E-state index >= 15 is 0 Å². The van der Waals surface area contributed by atoms with Crippen molar-refractivity contribution in [2.24, 2.45) is 15.8 Å². The average molecular weight is 438 g/mol. The number of ether oxygens (including phenoxy) is 1. The summed E-state index contributed by atoms with van der Waals surface area (Å²) in [6.45, 7) is 6.70. The zero-order chi connectivity index (χ0) is 23.3. The molecule has 3 rings (SSSR count). The van der Waals surface area contributed by atoms with Crippen LogP contribution < -0.4 is 21.6 Å². The molecule has 0 saturated carbocycles. The summed E-state index contributed by atoms with van der Waals surface area (Å²) in [5, 5.41) is 13.3. The topological polar surface area (TPSA) is 135 Å². The molecule has 168 valence electrons. The van der Waals surface area contributed by atoms with Crippen molar-refractivity contribution < 1.29 is 9.13 Å². The Hall–Kier alpha value is -3.75. The fraction of sp³-hybridized carbons (Fsp3) is 0.304. The number of nitrogens with one attached hydrogen (secondary N) is 2. The Morgan fingerprint density at radius 1 is 1.34 bits per heavy atom. The zero-order valence-electron chi connectivity index (χ0n) is 18.4. The lowest BCUT2D eigenvalue weighted by Gasteiger charge is -2.22. The molecular formula is C23H28FN7O. The van der Waals surface area contributed by atoms with Crippen molar-refractivity contribution >= 4 is 23.0 Å². The van der Waals surface area contributed by atoms with Crippen molar-refractivity contribution in [2.75, 3.05) is 18.8 Å². The number of nitrogens with two attached hydrogens (primary N) is 2. The highest BCUT2D eigenvalue weighted by molar-refractivity contribution is 6.48. The normalized spacial score (nSPS) is 20.4. The third-order valence-electron chi connectivity index (χ3n) is 5.02. The molecule has 2 bridgehead atoms. The fourth-order valence-corrected chi connectivity index (χ4v) is 3.48. The molecule has 1 atom stereocenters. The van der Waals surface area contributed by atoms with Gasteiger partial charge in [-0.3, -0.25) is 10.4 Å². The van der Waals surface area contributed by atoms with Gasteiger partial charge in [0.05, 0.1) is 17.1 Å². The van der Waals surface area contributed by atoms with Gasteiger partial charge in [-0.25, -0.2) is 9.37 Å². The van der Waals surface area contributed by atoms with Crippen molar-refractivity contribution in [3.05, 3.63) is 64.7 Å². The summed E-state index contributed by atoms with van der Waals surface area (Å²) < 4.78 is 20.2. The van der Waals surface area contributed by atoms with E-state index in [1.165, 1.54) is 18.3 Å². The lowest BCUT2D eigenvalue weighted by atomic mass is 9.91. The molecule has 0 amide bonds. The van der Waals surface area contributed by atoms with E-state index in [1.807, 2.05) is 13.8 Å². The minimum Gasteiger partial charge on any atom is -0.482 e. The Bertz CT molecular complexity index is 1110. The van der Waals surface area contributed by atoms with E-state index in [0.29, 0.717) is 52.5 Å². The van der Waals surface area contributed by atoms with Crippen molar-refractivity contribution in [1.82, 2.24) is 10.4 Å². The molecule has 0 radical (unpaired) electrons. The van der Waals surface area contributed by atoms with Gasteiger partial charge in [-0.2, -0.15) is 5.10 Å². The Balaban J connectivity index is 2.28. The minimum absolute atomic E-state index is 0.141. The van der Waals surface area contributed by atoms with Crippen LogP contribution in [-0.2, 0) is 0 Å². The number of anilines is 1. The standard InChI is InChI=1S/C23H28FN7O/c1-4-28-22-14(11-25)8-19(31-30-5-2)21(26)17-7-6-16(24)10-18(17)13(3)32-20-9-15(22)12-29-23(20)27/h6-7,9-13,26,30H,4-5,8,25H2,1-3H3,(H2,27,29)/b14-11?,26-21?,28-22?,31-19-/t13-/m1/s1. The van der Waals surface area contributed by atoms with Gasteiger partial charge in [0.25, 0.3) is 0 Å². The van der Waals surface area contributed by atoms with Gasteiger partial charge in [0.1, 0.15) is 11.9 Å². The molecular weight excluding hydrogens is 409 g/mol. The van der Waals surface area contributed by atoms with Gasteiger partial charge in [-0.1, -0.05) is 0 Å². The smallest absolute Gasteiger partial charge is 0.166 e. The number of fused-ring (bicyclic) bond motifs is 3. The molecule has 0 spiro atoms. The van der Waals surface area contributed by atoms with E-state index < -0.39 is 11.9 Å². The SMILES string of the molecule is CCN=C1C(=CN)C/C(=N/NCC)C(=N)c2ccc(F)cc2[C@@H](C)Oc2cc1cnc2N. The Labute approximate surface area is 186 Å². The summed E-state index contributed by atoms with van der Waals surface area (Å²) in [6.07, 6.45) is 2.71. The highest BCUT2D eigenvalue weighted by atomic mass is 19.1. The van der Waals surface area contributed by atoms with E-state index in [2.05, 4.69) is 20.5 Å². The van der Waals surface area contributed by atoms with Crippen molar-refractivity contribution in [1.29, 1.82) is 5.41 Å². The van der Waals surface area contributed by atoms with Crippen molar-refractivity contribution in [3.63, 3.8) is 0 Å². The Morgan fingerprint density at radius 3 is 2.81 bits per heavy atom. The second kappa shape index (κ2) is 10.0. The summed E-state index contributed by atoms with van der Waals surface area (Å²) in [7, 11) is 0. The molecule has 1 aliphatic rings. The fourth-order valence-electron chi connectivity index (χ4n) is 3.48. The number of hydrazone groups is 1. The van der Waals surface area contributed by atoms with Crippen LogP contribution in [0.1, 0.15) is 50.0 Å². The van der Waals surface area contributed by atoms with E-state index in [9.17, 15) is 4.39 Å². The van der Waals surface area contributed by atoms with E-state index in [-0.39, 0.29) is 18.0 Å². The number of pyridine rings is 1. The third-order valence-corrected chi connectivity index (χ3v) is 5.02. The first-order chi connectivity index (χ1) is 15.4. The number of nitrogens with zero attached hydrogens (tertiary/aromatic N) is 3. The number of aliphatic imine (C=N–C) groups is 1. The minimum atomic E-state index is -0.601. The predicted molar refractivity (Wildman–Crippen MR) is 126 cm³/mol. The average Bonchev–Trinajstić information content (AvgIpc) is 2.78. The lowest BCUT2D eigenvalue weighted by molar-refractivity contribution is 0.227. The molecule has 0 saturated heterocycles. The van der Waals surface area contributed by atoms with Crippen LogP contribution in [0.4, 0.5) is 10.2 Å². The summed E-state index contributed by atoms with van der Waals surface area (Å²) in [6, 6.07) is 5.99. The molecule has 2 heterocycles. The van der Waals surface area contributed by atoms with Crippen LogP contribution in [0.2, 0.25) is 0 Å². The maximum atomic E-state index is 14.2. The first-order valence-electron chi connectivity index (χ1n) is 10.5. The van der Waals surface area contributed by atoms with Crippen LogP contribution in [0.15, 0.2) is 52.3 Å². The number of hydrogen-bond donors (Lipinski definition) is 4. The van der Waals surface area contributed by atoms with E-state index in [0.717, 1.165) is 0 Å². The number of hydrogen-bond acceptors (Lipinski definition) is 8. The second-order valence-electron chi connectivity index (χ2n) is 7.24. The molecule has 0 fully saturated rings. The predicted octanol–water partition coefficient (Wildman–Crippen LogP) is 3.33. The van der Waals surface area contributed by atoms with Crippen LogP contribution >= 0.6 is 0 Å². The first-order valence-corrected chi connectivity index (χ1v) is 10.5. The second-order valence-corrected chi connectivity index (χ2v) is 7.24. The van der Waals surface area contributed by atoms with E-state index in [4.69, 9.17) is 21.6 Å². The van der Waals surface area contributed by atoms with Crippen LogP contribution in [0.25, 0.3) is 0 Å². The third kappa shape index (κ3) is 4.77. The number of halogens is 1. The van der Waals surface area contributed by atoms with Crippen LogP contribution in [0, 0.1) is 11.2 Å². The largest absolute Gasteiger partial charge is 0.482 e. The molecule has 9 heteroatoms. The number of allylic oxidation sites excluding steroid dienone is 1. The van der Waals surface area contributed by atoms with Crippen LogP contribution in [0.5, 0.6) is 5.75 Å². The molecule has 6 N–H and O–H groups in total. The Morgan fingerprint density at radius 2 is 2.12 bits per heavy atom. The highest BCUT2D eigenvalue weighted by Crippen LogP contribution is 2.31. The van der Waals surface area contributed by atoms with Crippen molar-refractivity contribution in [3.8, 4) is 5.75 Å². The molecule has 1 aromatic heterocycles. The molecule has 1 aromatic carbocycles. The summed E-state index contributed by atoms with van der Waals surface area (Å²) in [4.78, 5) is 8.89. The maximum absolute atomic E-state index is 14.2. The molecule has 0 aliphatic carbocycles. The lowest BCUT2D eigenvalue weighted by Crippen LogP contribution is -2.25. The van der Waals surface area contributed by atoms with Crippen LogP contribution in [-0.4, -0.2) is 35.2 Å². The van der Waals surface area contributed by atoms with Gasteiger partial charge in [0.15, 0.2) is 11.6 Å². The Kier molecular flexibility index (Phi) is 7.19. The maximum Gasteiger partial charge on any atom is 0.166 e. The number of nitrogen functional groups attached to an aromatic ring is 1. The molecule has 2 aromatic rings. The van der Waals surface area contributed by atoms with Crippen LogP contribution in [0.3, 0.4) is 0 Å². The summed E-state index contributed by atoms with van der Waals surface area (Å²) in [5.74, 6) is 0.122.